The number of rotatable bonds is 5. The molecule has 0 amide bonds. The molecule has 2 rings (SSSR count). The Hall–Kier alpha value is -1.85. The molecule has 0 aliphatic heterocycles. The molecular weight excluding hydrogens is 286 g/mol. The third-order valence-electron chi connectivity index (χ3n) is 3.27. The average molecular weight is 305 g/mol. The predicted octanol–water partition coefficient (Wildman–Crippen LogP) is 3.04. The highest BCUT2D eigenvalue weighted by atomic mass is 32.2. The van der Waals surface area contributed by atoms with Crippen LogP contribution in [0.2, 0.25) is 0 Å². The lowest BCUT2D eigenvalue weighted by Crippen LogP contribution is -2.27. The molecule has 112 valence electrons. The van der Waals surface area contributed by atoms with E-state index in [0.717, 1.165) is 11.1 Å². The molecule has 0 spiro atoms. The number of benzene rings is 2. The van der Waals surface area contributed by atoms with Crippen molar-refractivity contribution < 1.29 is 13.2 Å². The van der Waals surface area contributed by atoms with Gasteiger partial charge in [-0.05, 0) is 32.0 Å². The zero-order chi connectivity index (χ0) is 15.5. The molecule has 0 saturated heterocycles. The summed E-state index contributed by atoms with van der Waals surface area (Å²) in [5.74, 6) is 0.664. The summed E-state index contributed by atoms with van der Waals surface area (Å²) in [4.78, 5) is 0.259. The van der Waals surface area contributed by atoms with Crippen LogP contribution < -0.4 is 9.46 Å². The second kappa shape index (κ2) is 6.28. The Kier molecular flexibility index (Phi) is 4.65. The Morgan fingerprint density at radius 1 is 1.05 bits per heavy atom. The summed E-state index contributed by atoms with van der Waals surface area (Å²) in [5.41, 5.74) is 1.82. The van der Waals surface area contributed by atoms with E-state index in [2.05, 4.69) is 4.72 Å². The van der Waals surface area contributed by atoms with Crippen LogP contribution in [-0.2, 0) is 10.0 Å². The molecule has 0 fully saturated rings. The largest absolute Gasteiger partial charge is 0.496 e. The fourth-order valence-corrected chi connectivity index (χ4v) is 3.33. The van der Waals surface area contributed by atoms with Crippen LogP contribution >= 0.6 is 0 Å². The number of nitrogens with one attached hydrogen (secondary N) is 1. The van der Waals surface area contributed by atoms with Crippen LogP contribution in [0.15, 0.2) is 53.4 Å². The minimum absolute atomic E-state index is 0.259. The van der Waals surface area contributed by atoms with E-state index >= 15 is 0 Å². The Bertz CT molecular complexity index is 709. The first-order valence-corrected chi connectivity index (χ1v) is 8.14. The number of aryl methyl sites for hydroxylation is 1. The van der Waals surface area contributed by atoms with Gasteiger partial charge in [0.25, 0.3) is 0 Å². The number of ether oxygens (including phenoxy) is 1. The first-order chi connectivity index (χ1) is 9.94. The fraction of sp³-hybridized carbons (Fsp3) is 0.250. The van der Waals surface area contributed by atoms with E-state index < -0.39 is 10.0 Å². The monoisotopic (exact) mass is 305 g/mol. The van der Waals surface area contributed by atoms with E-state index in [1.807, 2.05) is 31.2 Å². The van der Waals surface area contributed by atoms with Crippen molar-refractivity contribution in [1.82, 2.24) is 4.72 Å². The smallest absolute Gasteiger partial charge is 0.241 e. The van der Waals surface area contributed by atoms with E-state index in [1.165, 1.54) is 0 Å². The minimum atomic E-state index is -3.55. The van der Waals surface area contributed by atoms with Gasteiger partial charge in [0.15, 0.2) is 0 Å². The molecule has 0 heterocycles. The van der Waals surface area contributed by atoms with Crippen molar-refractivity contribution in [3.05, 3.63) is 59.7 Å². The molecule has 1 atom stereocenters. The van der Waals surface area contributed by atoms with Gasteiger partial charge < -0.3 is 4.74 Å². The summed E-state index contributed by atoms with van der Waals surface area (Å²) < 4.78 is 32.7. The Balaban J connectivity index is 2.25. The van der Waals surface area contributed by atoms with Gasteiger partial charge in [0, 0.05) is 11.6 Å². The lowest BCUT2D eigenvalue weighted by Gasteiger charge is -2.17. The maximum Gasteiger partial charge on any atom is 0.241 e. The second-order valence-electron chi connectivity index (χ2n) is 4.90. The van der Waals surface area contributed by atoms with Crippen LogP contribution in [0.1, 0.15) is 24.1 Å². The molecule has 21 heavy (non-hydrogen) atoms. The number of hydrogen-bond donors (Lipinski definition) is 1. The van der Waals surface area contributed by atoms with Gasteiger partial charge in [-0.1, -0.05) is 35.9 Å². The van der Waals surface area contributed by atoms with E-state index in [1.54, 1.807) is 38.3 Å². The SMILES string of the molecule is COc1ccccc1[C@H](C)NS(=O)(=O)c1ccc(C)cc1. The molecule has 0 aliphatic carbocycles. The molecule has 0 saturated carbocycles. The van der Waals surface area contributed by atoms with Crippen molar-refractivity contribution in [2.45, 2.75) is 24.8 Å². The van der Waals surface area contributed by atoms with Gasteiger partial charge in [0.2, 0.25) is 10.0 Å². The summed E-state index contributed by atoms with van der Waals surface area (Å²) >= 11 is 0. The van der Waals surface area contributed by atoms with E-state index in [4.69, 9.17) is 4.74 Å². The van der Waals surface area contributed by atoms with Crippen molar-refractivity contribution in [2.75, 3.05) is 7.11 Å². The molecular formula is C16H19NO3S. The summed E-state index contributed by atoms with van der Waals surface area (Å²) in [6, 6.07) is 13.8. The average Bonchev–Trinajstić information content (AvgIpc) is 2.47. The van der Waals surface area contributed by atoms with Gasteiger partial charge in [-0.25, -0.2) is 13.1 Å². The van der Waals surface area contributed by atoms with Crippen molar-refractivity contribution >= 4 is 10.0 Å². The zero-order valence-corrected chi connectivity index (χ0v) is 13.1. The van der Waals surface area contributed by atoms with Crippen molar-refractivity contribution in [3.63, 3.8) is 0 Å². The topological polar surface area (TPSA) is 55.4 Å². The van der Waals surface area contributed by atoms with Crippen LogP contribution in [0.3, 0.4) is 0 Å². The highest BCUT2D eigenvalue weighted by Crippen LogP contribution is 2.25. The van der Waals surface area contributed by atoms with Crippen molar-refractivity contribution in [3.8, 4) is 5.75 Å². The summed E-state index contributed by atoms with van der Waals surface area (Å²) in [6.07, 6.45) is 0. The number of hydrogen-bond acceptors (Lipinski definition) is 3. The Labute approximate surface area is 125 Å². The van der Waals surface area contributed by atoms with Gasteiger partial charge >= 0.3 is 0 Å². The molecule has 1 N–H and O–H groups in total. The van der Waals surface area contributed by atoms with Crippen LogP contribution in [0.25, 0.3) is 0 Å². The maximum atomic E-state index is 12.4. The molecule has 5 heteroatoms. The predicted molar refractivity (Wildman–Crippen MR) is 82.9 cm³/mol. The molecule has 2 aromatic carbocycles. The summed E-state index contributed by atoms with van der Waals surface area (Å²) in [5, 5.41) is 0. The minimum Gasteiger partial charge on any atom is -0.496 e. The Morgan fingerprint density at radius 3 is 2.29 bits per heavy atom. The van der Waals surface area contributed by atoms with E-state index in [0.29, 0.717) is 5.75 Å². The molecule has 0 aliphatic rings. The number of methoxy groups -OCH3 is 1. The molecule has 0 radical (unpaired) electrons. The second-order valence-corrected chi connectivity index (χ2v) is 6.61. The standard InChI is InChI=1S/C16H19NO3S/c1-12-8-10-14(11-9-12)21(18,19)17-13(2)15-6-4-5-7-16(15)20-3/h4-11,13,17H,1-3H3/t13-/m0/s1. The number of para-hydroxylation sites is 1. The van der Waals surface area contributed by atoms with Gasteiger partial charge in [0.1, 0.15) is 5.75 Å². The van der Waals surface area contributed by atoms with Gasteiger partial charge in [0.05, 0.1) is 12.0 Å². The molecule has 0 bridgehead atoms. The molecule has 2 aromatic rings. The first kappa shape index (κ1) is 15.5. The lowest BCUT2D eigenvalue weighted by atomic mass is 10.1. The van der Waals surface area contributed by atoms with Crippen molar-refractivity contribution in [2.24, 2.45) is 0 Å². The molecule has 0 unspecified atom stereocenters. The van der Waals surface area contributed by atoms with Crippen LogP contribution in [0, 0.1) is 6.92 Å². The third-order valence-corrected chi connectivity index (χ3v) is 4.83. The van der Waals surface area contributed by atoms with E-state index in [9.17, 15) is 8.42 Å². The third kappa shape index (κ3) is 3.62. The number of sulfonamides is 1. The van der Waals surface area contributed by atoms with Crippen molar-refractivity contribution in [1.29, 1.82) is 0 Å². The normalized spacial score (nSPS) is 12.9. The Morgan fingerprint density at radius 2 is 1.67 bits per heavy atom. The first-order valence-electron chi connectivity index (χ1n) is 6.66. The highest BCUT2D eigenvalue weighted by Gasteiger charge is 2.20. The fourth-order valence-electron chi connectivity index (χ4n) is 2.11. The molecule has 4 nitrogen and oxygen atoms in total. The van der Waals surface area contributed by atoms with Gasteiger partial charge in [-0.2, -0.15) is 0 Å². The highest BCUT2D eigenvalue weighted by molar-refractivity contribution is 7.89. The maximum absolute atomic E-state index is 12.4. The van der Waals surface area contributed by atoms with Crippen LogP contribution in [-0.4, -0.2) is 15.5 Å². The summed E-state index contributed by atoms with van der Waals surface area (Å²) in [7, 11) is -1.99. The van der Waals surface area contributed by atoms with Gasteiger partial charge in [-0.15, -0.1) is 0 Å². The van der Waals surface area contributed by atoms with Gasteiger partial charge in [-0.3, -0.25) is 0 Å². The van der Waals surface area contributed by atoms with Crippen LogP contribution in [0.5, 0.6) is 5.75 Å². The zero-order valence-electron chi connectivity index (χ0n) is 12.3. The lowest BCUT2D eigenvalue weighted by molar-refractivity contribution is 0.405. The summed E-state index contributed by atoms with van der Waals surface area (Å²) in [6.45, 7) is 3.71. The van der Waals surface area contributed by atoms with E-state index in [-0.39, 0.29) is 10.9 Å². The molecule has 0 aromatic heterocycles. The quantitative estimate of drug-likeness (QED) is 0.923. The van der Waals surface area contributed by atoms with Crippen LogP contribution in [0.4, 0.5) is 0 Å².